The molecule has 32 heavy (non-hydrogen) atoms. The first-order valence-electron chi connectivity index (χ1n) is 11.0. The fourth-order valence-corrected chi connectivity index (χ4v) is 4.46. The highest BCUT2D eigenvalue weighted by molar-refractivity contribution is 5.94. The van der Waals surface area contributed by atoms with Gasteiger partial charge in [-0.05, 0) is 45.6 Å². The summed E-state index contributed by atoms with van der Waals surface area (Å²) < 4.78 is 10.8. The van der Waals surface area contributed by atoms with Crippen molar-refractivity contribution >= 4 is 17.8 Å². The van der Waals surface area contributed by atoms with E-state index in [1.54, 1.807) is 12.1 Å². The van der Waals surface area contributed by atoms with Gasteiger partial charge >= 0.3 is 6.09 Å². The van der Waals surface area contributed by atoms with Gasteiger partial charge in [0, 0.05) is 41.1 Å². The number of benzene rings is 1. The van der Waals surface area contributed by atoms with Gasteiger partial charge in [-0.25, -0.2) is 4.79 Å². The number of methoxy groups -OCH3 is 1. The predicted octanol–water partition coefficient (Wildman–Crippen LogP) is 3.64. The van der Waals surface area contributed by atoms with E-state index in [-0.39, 0.29) is 47.6 Å². The summed E-state index contributed by atoms with van der Waals surface area (Å²) in [7, 11) is 1.51. The van der Waals surface area contributed by atoms with E-state index in [0.717, 1.165) is 30.5 Å². The van der Waals surface area contributed by atoms with Crippen molar-refractivity contribution in [1.29, 1.82) is 0 Å². The standard InChI is InChI=1S/C23H30N4O5/c1-12(2)24-23(30)32-14-8-7-13(9-14)18-11-20(27-26-18)25-22(29)17-10-16(17)15-5-4-6-19(28)21(15)31-3/h4-6,11-14,16-17,28H,7-10H2,1-3H3,(H,24,30)(H2,25,26,27,29)/t13-,14+,16-,17?/m0/s1. The average Bonchev–Trinajstić information content (AvgIpc) is 3.17. The van der Waals surface area contributed by atoms with Crippen LogP contribution in [0.15, 0.2) is 24.3 Å². The Morgan fingerprint density at radius 3 is 2.81 bits per heavy atom. The lowest BCUT2D eigenvalue weighted by Crippen LogP contribution is -2.33. The van der Waals surface area contributed by atoms with Crippen LogP contribution in [0, 0.1) is 5.92 Å². The zero-order valence-electron chi connectivity index (χ0n) is 18.6. The Morgan fingerprint density at radius 1 is 1.25 bits per heavy atom. The van der Waals surface area contributed by atoms with Crippen LogP contribution < -0.4 is 15.4 Å². The maximum absolute atomic E-state index is 12.7. The summed E-state index contributed by atoms with van der Waals surface area (Å²) >= 11 is 0. The fourth-order valence-electron chi connectivity index (χ4n) is 4.46. The number of alkyl carbamates (subject to hydrolysis) is 1. The van der Waals surface area contributed by atoms with Crippen molar-refractivity contribution in [1.82, 2.24) is 15.5 Å². The second-order valence-electron chi connectivity index (χ2n) is 8.88. The Labute approximate surface area is 186 Å². The average molecular weight is 443 g/mol. The molecule has 2 aromatic rings. The van der Waals surface area contributed by atoms with Crippen molar-refractivity contribution in [3.8, 4) is 11.5 Å². The smallest absolute Gasteiger partial charge is 0.407 e. The molecule has 2 aliphatic rings. The molecule has 2 amide bonds. The molecule has 2 aliphatic carbocycles. The van der Waals surface area contributed by atoms with Gasteiger partial charge in [0.1, 0.15) is 6.10 Å². The molecule has 4 atom stereocenters. The Bertz CT molecular complexity index is 989. The van der Waals surface area contributed by atoms with Gasteiger partial charge in [-0.15, -0.1) is 0 Å². The van der Waals surface area contributed by atoms with Gasteiger partial charge in [-0.3, -0.25) is 9.89 Å². The largest absolute Gasteiger partial charge is 0.504 e. The molecule has 0 radical (unpaired) electrons. The van der Waals surface area contributed by atoms with E-state index in [4.69, 9.17) is 9.47 Å². The van der Waals surface area contributed by atoms with E-state index in [1.165, 1.54) is 7.11 Å². The lowest BCUT2D eigenvalue weighted by Gasteiger charge is -2.14. The molecule has 9 heteroatoms. The molecule has 2 saturated carbocycles. The number of phenolic OH excluding ortho intramolecular Hbond substituents is 1. The normalized spacial score (nSPS) is 24.2. The molecule has 9 nitrogen and oxygen atoms in total. The SMILES string of the molecule is COc1c(O)cccc1[C@@H]1CC1C(=O)Nc1cc([C@H]2CC[C@@H](OC(=O)NC(C)C)C2)[nH]n1. The molecule has 0 aliphatic heterocycles. The number of nitrogens with zero attached hydrogens (tertiary/aromatic N) is 1. The maximum atomic E-state index is 12.7. The Morgan fingerprint density at radius 2 is 2.06 bits per heavy atom. The lowest BCUT2D eigenvalue weighted by atomic mass is 10.0. The number of carbonyl (C=O) groups excluding carboxylic acids is 2. The summed E-state index contributed by atoms with van der Waals surface area (Å²) in [5.41, 5.74) is 1.77. The number of aromatic nitrogens is 2. The van der Waals surface area contributed by atoms with Crippen LogP contribution in [0.1, 0.15) is 62.6 Å². The van der Waals surface area contributed by atoms with Crippen molar-refractivity contribution in [2.24, 2.45) is 5.92 Å². The second kappa shape index (κ2) is 9.10. The minimum Gasteiger partial charge on any atom is -0.504 e. The molecular weight excluding hydrogens is 412 g/mol. The number of H-pyrrole nitrogens is 1. The van der Waals surface area contributed by atoms with Crippen molar-refractivity contribution in [3.63, 3.8) is 0 Å². The first-order chi connectivity index (χ1) is 15.4. The number of hydrogen-bond acceptors (Lipinski definition) is 6. The number of aromatic amines is 1. The minimum atomic E-state index is -0.384. The number of para-hydroxylation sites is 1. The van der Waals surface area contributed by atoms with Gasteiger partial charge < -0.3 is 25.2 Å². The summed E-state index contributed by atoms with van der Waals surface area (Å²) in [6.45, 7) is 3.78. The molecule has 1 aromatic heterocycles. The number of hydrogen-bond donors (Lipinski definition) is 4. The number of nitrogens with one attached hydrogen (secondary N) is 3. The van der Waals surface area contributed by atoms with Crippen LogP contribution in [0.25, 0.3) is 0 Å². The first-order valence-corrected chi connectivity index (χ1v) is 11.0. The van der Waals surface area contributed by atoms with Crippen molar-refractivity contribution in [2.45, 2.75) is 63.5 Å². The third-order valence-electron chi connectivity index (χ3n) is 6.11. The molecule has 0 saturated heterocycles. The summed E-state index contributed by atoms with van der Waals surface area (Å²) in [5.74, 6) is 0.922. The number of phenols is 1. The minimum absolute atomic E-state index is 0.0141. The molecule has 0 bridgehead atoms. The van der Waals surface area contributed by atoms with Crippen LogP contribution in [0.3, 0.4) is 0 Å². The Balaban J connectivity index is 1.30. The highest BCUT2D eigenvalue weighted by Gasteiger charge is 2.46. The number of rotatable bonds is 7. The van der Waals surface area contributed by atoms with Gasteiger partial charge in [0.2, 0.25) is 5.91 Å². The summed E-state index contributed by atoms with van der Waals surface area (Å²) in [4.78, 5) is 24.5. The van der Waals surface area contributed by atoms with Crippen molar-refractivity contribution < 1.29 is 24.2 Å². The molecule has 1 heterocycles. The number of anilines is 1. The van der Waals surface area contributed by atoms with Crippen LogP contribution in [0.5, 0.6) is 11.5 Å². The van der Waals surface area contributed by atoms with E-state index in [2.05, 4.69) is 20.8 Å². The Hall–Kier alpha value is -3.23. The zero-order chi connectivity index (χ0) is 22.8. The quantitative estimate of drug-likeness (QED) is 0.519. The third-order valence-corrected chi connectivity index (χ3v) is 6.11. The summed E-state index contributed by atoms with van der Waals surface area (Å²) in [5, 5.41) is 22.8. The second-order valence-corrected chi connectivity index (χ2v) is 8.88. The predicted molar refractivity (Wildman–Crippen MR) is 118 cm³/mol. The molecular formula is C23H30N4O5. The number of aromatic hydroxyl groups is 1. The highest BCUT2D eigenvalue weighted by Crippen LogP contribution is 2.52. The maximum Gasteiger partial charge on any atom is 0.407 e. The van der Waals surface area contributed by atoms with Gasteiger partial charge in [-0.2, -0.15) is 5.10 Å². The highest BCUT2D eigenvalue weighted by atomic mass is 16.6. The Kier molecular flexibility index (Phi) is 6.25. The lowest BCUT2D eigenvalue weighted by molar-refractivity contribution is -0.117. The summed E-state index contributed by atoms with van der Waals surface area (Å²) in [6.07, 6.45) is 2.60. The van der Waals surface area contributed by atoms with Gasteiger partial charge in [0.15, 0.2) is 17.3 Å². The van der Waals surface area contributed by atoms with Gasteiger partial charge in [0.05, 0.1) is 7.11 Å². The van der Waals surface area contributed by atoms with E-state index < -0.39 is 0 Å². The van der Waals surface area contributed by atoms with Crippen LogP contribution in [-0.2, 0) is 9.53 Å². The third kappa shape index (κ3) is 4.81. The molecule has 0 spiro atoms. The van der Waals surface area contributed by atoms with Crippen LogP contribution in [0.4, 0.5) is 10.6 Å². The number of amides is 2. The number of ether oxygens (including phenoxy) is 2. The van der Waals surface area contributed by atoms with Crippen LogP contribution in [0.2, 0.25) is 0 Å². The molecule has 2 fully saturated rings. The van der Waals surface area contributed by atoms with Crippen LogP contribution >= 0.6 is 0 Å². The van der Waals surface area contributed by atoms with E-state index in [1.807, 2.05) is 26.0 Å². The molecule has 1 aromatic carbocycles. The van der Waals surface area contributed by atoms with E-state index in [9.17, 15) is 14.7 Å². The fraction of sp³-hybridized carbons (Fsp3) is 0.522. The topological polar surface area (TPSA) is 126 Å². The summed E-state index contributed by atoms with van der Waals surface area (Å²) in [6, 6.07) is 7.10. The molecule has 172 valence electrons. The van der Waals surface area contributed by atoms with Crippen molar-refractivity contribution in [2.75, 3.05) is 12.4 Å². The number of carbonyl (C=O) groups is 2. The van der Waals surface area contributed by atoms with E-state index in [0.29, 0.717) is 18.0 Å². The van der Waals surface area contributed by atoms with Gasteiger partial charge in [0.25, 0.3) is 0 Å². The van der Waals surface area contributed by atoms with Crippen LogP contribution in [-0.4, -0.2) is 46.6 Å². The first kappa shape index (κ1) is 22.0. The van der Waals surface area contributed by atoms with Crippen molar-refractivity contribution in [3.05, 3.63) is 35.5 Å². The van der Waals surface area contributed by atoms with E-state index >= 15 is 0 Å². The molecule has 1 unspecified atom stereocenters. The zero-order valence-corrected chi connectivity index (χ0v) is 18.6. The van der Waals surface area contributed by atoms with Gasteiger partial charge in [-0.1, -0.05) is 12.1 Å². The molecule has 4 rings (SSSR count). The monoisotopic (exact) mass is 442 g/mol. The molecule has 4 N–H and O–H groups in total.